The molecule has 3 rings (SSSR count). The van der Waals surface area contributed by atoms with Crippen LogP contribution in [-0.2, 0) is 6.54 Å². The minimum absolute atomic E-state index is 0.263. The summed E-state index contributed by atoms with van der Waals surface area (Å²) in [4.78, 5) is 16.3. The Hall–Kier alpha value is -2.12. The number of aromatic nitrogens is 1. The Balaban J connectivity index is 1.75. The number of anilines is 1. The molecule has 0 bridgehead atoms. The fourth-order valence-corrected chi connectivity index (χ4v) is 2.60. The predicted octanol–water partition coefficient (Wildman–Crippen LogP) is 2.02. The van der Waals surface area contributed by atoms with Gasteiger partial charge in [-0.25, -0.2) is 4.98 Å². The number of hydrogen-bond acceptors (Lipinski definition) is 6. The van der Waals surface area contributed by atoms with Crippen LogP contribution in [0.25, 0.3) is 0 Å². The summed E-state index contributed by atoms with van der Waals surface area (Å²) in [6.45, 7) is 1.58. The molecule has 21 heavy (non-hydrogen) atoms. The van der Waals surface area contributed by atoms with Crippen molar-refractivity contribution in [1.82, 2.24) is 4.98 Å². The first-order chi connectivity index (χ1) is 10.3. The van der Waals surface area contributed by atoms with Crippen molar-refractivity contribution in [3.8, 4) is 11.5 Å². The molecule has 1 amide bonds. The molecule has 1 aliphatic rings. The van der Waals surface area contributed by atoms with Crippen molar-refractivity contribution < 1.29 is 14.3 Å². The summed E-state index contributed by atoms with van der Waals surface area (Å²) in [6.07, 6.45) is 0.844. The standard InChI is InChI=1S/C14H15N3O3S/c15-7-13-17-10(8-21-13)14(18)16-9-2-3-11-12(6-9)20-5-1-4-19-11/h2-3,6,8H,1,4-5,7,15H2,(H,16,18). The number of hydrogen-bond donors (Lipinski definition) is 2. The summed E-state index contributed by atoms with van der Waals surface area (Å²) < 4.78 is 11.1. The summed E-state index contributed by atoms with van der Waals surface area (Å²) in [6, 6.07) is 5.33. The van der Waals surface area contributed by atoms with Gasteiger partial charge in [0.1, 0.15) is 10.7 Å². The lowest BCUT2D eigenvalue weighted by Crippen LogP contribution is -2.12. The van der Waals surface area contributed by atoms with Gasteiger partial charge in [0.2, 0.25) is 0 Å². The Kier molecular flexibility index (Phi) is 4.03. The molecule has 110 valence electrons. The van der Waals surface area contributed by atoms with Crippen molar-refractivity contribution in [2.24, 2.45) is 5.73 Å². The van der Waals surface area contributed by atoms with Crippen molar-refractivity contribution in [2.45, 2.75) is 13.0 Å². The molecule has 3 N–H and O–H groups in total. The second kappa shape index (κ2) is 6.11. The second-order valence-electron chi connectivity index (χ2n) is 4.50. The van der Waals surface area contributed by atoms with Crippen LogP contribution in [0.5, 0.6) is 11.5 Å². The van der Waals surface area contributed by atoms with Crippen LogP contribution in [0.3, 0.4) is 0 Å². The zero-order valence-electron chi connectivity index (χ0n) is 11.3. The van der Waals surface area contributed by atoms with Crippen LogP contribution < -0.4 is 20.5 Å². The van der Waals surface area contributed by atoms with Gasteiger partial charge in [0.15, 0.2) is 11.5 Å². The number of nitrogens with one attached hydrogen (secondary N) is 1. The van der Waals surface area contributed by atoms with E-state index in [-0.39, 0.29) is 5.91 Å². The van der Waals surface area contributed by atoms with Gasteiger partial charge in [0.05, 0.1) is 13.2 Å². The maximum Gasteiger partial charge on any atom is 0.275 e. The van der Waals surface area contributed by atoms with Crippen LogP contribution in [0.1, 0.15) is 21.9 Å². The van der Waals surface area contributed by atoms with Crippen molar-refractivity contribution in [1.29, 1.82) is 0 Å². The Morgan fingerprint density at radius 2 is 2.14 bits per heavy atom. The number of benzene rings is 1. The van der Waals surface area contributed by atoms with Gasteiger partial charge in [-0.15, -0.1) is 11.3 Å². The molecule has 0 atom stereocenters. The molecule has 1 aromatic carbocycles. The first-order valence-corrected chi connectivity index (χ1v) is 7.49. The minimum atomic E-state index is -0.263. The van der Waals surface area contributed by atoms with E-state index in [1.54, 1.807) is 23.6 Å². The molecule has 0 aliphatic carbocycles. The zero-order valence-corrected chi connectivity index (χ0v) is 12.1. The van der Waals surface area contributed by atoms with Gasteiger partial charge in [0.25, 0.3) is 5.91 Å². The van der Waals surface area contributed by atoms with Gasteiger partial charge in [-0.1, -0.05) is 0 Å². The molecular weight excluding hydrogens is 290 g/mol. The van der Waals surface area contributed by atoms with Crippen LogP contribution in [0.4, 0.5) is 5.69 Å². The fraction of sp³-hybridized carbons (Fsp3) is 0.286. The molecule has 0 radical (unpaired) electrons. The Bertz CT molecular complexity index is 657. The SMILES string of the molecule is NCc1nc(C(=O)Nc2ccc3c(c2)OCCCO3)cs1. The van der Waals surface area contributed by atoms with E-state index in [0.29, 0.717) is 42.6 Å². The highest BCUT2D eigenvalue weighted by Gasteiger charge is 2.14. The second-order valence-corrected chi connectivity index (χ2v) is 5.44. The summed E-state index contributed by atoms with van der Waals surface area (Å²) >= 11 is 1.37. The van der Waals surface area contributed by atoms with Crippen molar-refractivity contribution in [3.63, 3.8) is 0 Å². The number of nitrogens with two attached hydrogens (primary N) is 1. The number of carbonyl (C=O) groups excluding carboxylic acids is 1. The number of fused-ring (bicyclic) bond motifs is 1. The molecule has 0 saturated carbocycles. The third-order valence-corrected chi connectivity index (χ3v) is 3.84. The molecule has 0 spiro atoms. The molecular formula is C14H15N3O3S. The molecule has 2 aromatic rings. The quantitative estimate of drug-likeness (QED) is 0.906. The molecule has 6 nitrogen and oxygen atoms in total. The molecule has 0 saturated heterocycles. The molecule has 1 aliphatic heterocycles. The normalized spacial score (nSPS) is 13.6. The number of carbonyl (C=O) groups is 1. The predicted molar refractivity (Wildman–Crippen MR) is 80.0 cm³/mol. The number of nitrogens with zero attached hydrogens (tertiary/aromatic N) is 1. The Labute approximate surface area is 125 Å². The average Bonchev–Trinajstić information content (AvgIpc) is 2.86. The highest BCUT2D eigenvalue weighted by Crippen LogP contribution is 2.32. The molecule has 2 heterocycles. The highest BCUT2D eigenvalue weighted by molar-refractivity contribution is 7.09. The van der Waals surface area contributed by atoms with E-state index < -0.39 is 0 Å². The third kappa shape index (κ3) is 3.14. The average molecular weight is 305 g/mol. The number of rotatable bonds is 3. The first-order valence-electron chi connectivity index (χ1n) is 6.62. The smallest absolute Gasteiger partial charge is 0.275 e. The van der Waals surface area contributed by atoms with E-state index >= 15 is 0 Å². The van der Waals surface area contributed by atoms with E-state index in [0.717, 1.165) is 11.4 Å². The van der Waals surface area contributed by atoms with Gasteiger partial charge in [-0.2, -0.15) is 0 Å². The Morgan fingerprint density at radius 1 is 1.33 bits per heavy atom. The van der Waals surface area contributed by atoms with Crippen molar-refractivity contribution in [2.75, 3.05) is 18.5 Å². The third-order valence-electron chi connectivity index (χ3n) is 2.96. The first kappa shape index (κ1) is 13.8. The summed E-state index contributed by atoms with van der Waals surface area (Å²) in [5, 5.41) is 5.23. The van der Waals surface area contributed by atoms with Crippen LogP contribution >= 0.6 is 11.3 Å². The van der Waals surface area contributed by atoms with Gasteiger partial charge in [-0.3, -0.25) is 4.79 Å². The van der Waals surface area contributed by atoms with Crippen molar-refractivity contribution >= 4 is 22.9 Å². The number of ether oxygens (including phenoxy) is 2. The molecule has 0 fully saturated rings. The number of amides is 1. The van der Waals surface area contributed by atoms with E-state index in [1.807, 2.05) is 0 Å². The lowest BCUT2D eigenvalue weighted by molar-refractivity contribution is 0.102. The van der Waals surface area contributed by atoms with Gasteiger partial charge >= 0.3 is 0 Å². The zero-order chi connectivity index (χ0) is 14.7. The molecule has 7 heteroatoms. The van der Waals surface area contributed by atoms with Gasteiger partial charge in [0, 0.05) is 30.1 Å². The minimum Gasteiger partial charge on any atom is -0.490 e. The van der Waals surface area contributed by atoms with Crippen LogP contribution in [-0.4, -0.2) is 24.1 Å². The van der Waals surface area contributed by atoms with E-state index in [1.165, 1.54) is 11.3 Å². The number of thiazole rings is 1. The lowest BCUT2D eigenvalue weighted by Gasteiger charge is -2.09. The van der Waals surface area contributed by atoms with E-state index in [4.69, 9.17) is 15.2 Å². The van der Waals surface area contributed by atoms with E-state index in [9.17, 15) is 4.79 Å². The maximum atomic E-state index is 12.1. The van der Waals surface area contributed by atoms with Gasteiger partial charge in [-0.05, 0) is 12.1 Å². The van der Waals surface area contributed by atoms with Crippen LogP contribution in [0, 0.1) is 0 Å². The molecule has 1 aromatic heterocycles. The Morgan fingerprint density at radius 3 is 2.90 bits per heavy atom. The summed E-state index contributed by atoms with van der Waals surface area (Å²) in [7, 11) is 0. The molecule has 0 unspecified atom stereocenters. The van der Waals surface area contributed by atoms with E-state index in [2.05, 4.69) is 10.3 Å². The van der Waals surface area contributed by atoms with Crippen LogP contribution in [0.15, 0.2) is 23.6 Å². The van der Waals surface area contributed by atoms with Gasteiger partial charge < -0.3 is 20.5 Å². The van der Waals surface area contributed by atoms with Crippen LogP contribution in [0.2, 0.25) is 0 Å². The highest BCUT2D eigenvalue weighted by atomic mass is 32.1. The summed E-state index contributed by atoms with van der Waals surface area (Å²) in [5.41, 5.74) is 6.51. The maximum absolute atomic E-state index is 12.1. The largest absolute Gasteiger partial charge is 0.490 e. The topological polar surface area (TPSA) is 86.5 Å². The summed E-state index contributed by atoms with van der Waals surface area (Å²) in [5.74, 6) is 1.08. The fourth-order valence-electron chi connectivity index (χ4n) is 1.95. The lowest BCUT2D eigenvalue weighted by atomic mass is 10.2. The monoisotopic (exact) mass is 305 g/mol. The van der Waals surface area contributed by atoms with Crippen molar-refractivity contribution in [3.05, 3.63) is 34.3 Å².